The van der Waals surface area contributed by atoms with E-state index in [1.54, 1.807) is 35.3 Å². The summed E-state index contributed by atoms with van der Waals surface area (Å²) in [6.45, 7) is 0.341. The van der Waals surface area contributed by atoms with E-state index in [9.17, 15) is 9.18 Å². The van der Waals surface area contributed by atoms with Crippen LogP contribution in [0.5, 0.6) is 0 Å². The quantitative estimate of drug-likeness (QED) is 0.588. The SMILES string of the molecule is O=C(CCc1cccc(F)c1)OC(Cn1cncn1)c1ccc(Cl)cc1. The Bertz CT molecular complexity index is 853. The topological polar surface area (TPSA) is 57.0 Å². The number of carbonyl (C=O) groups excluding carboxylic acids is 1. The van der Waals surface area contributed by atoms with Crippen molar-refractivity contribution in [2.24, 2.45) is 0 Å². The van der Waals surface area contributed by atoms with Crippen LogP contribution in [0, 0.1) is 5.82 Å². The standard InChI is InChI=1S/C19H17ClFN3O2/c20-16-7-5-15(6-8-16)18(11-24-13-22-12-23-24)26-19(25)9-4-14-2-1-3-17(21)10-14/h1-3,5-8,10,12-13,18H,4,9,11H2. The van der Waals surface area contributed by atoms with E-state index in [0.29, 0.717) is 18.0 Å². The maximum Gasteiger partial charge on any atom is 0.306 e. The minimum absolute atomic E-state index is 0.158. The van der Waals surface area contributed by atoms with Crippen LogP contribution in [0.25, 0.3) is 0 Å². The molecule has 0 saturated heterocycles. The maximum absolute atomic E-state index is 13.2. The van der Waals surface area contributed by atoms with Gasteiger partial charge in [-0.05, 0) is 41.8 Å². The zero-order valence-corrected chi connectivity index (χ0v) is 14.6. The first-order chi connectivity index (χ1) is 12.6. The number of aryl methyl sites for hydroxylation is 1. The largest absolute Gasteiger partial charge is 0.455 e. The van der Waals surface area contributed by atoms with Crippen molar-refractivity contribution in [3.63, 3.8) is 0 Å². The highest BCUT2D eigenvalue weighted by Gasteiger charge is 2.18. The summed E-state index contributed by atoms with van der Waals surface area (Å²) in [7, 11) is 0. The predicted octanol–water partition coefficient (Wildman–Crippen LogP) is 3.99. The summed E-state index contributed by atoms with van der Waals surface area (Å²) >= 11 is 5.93. The van der Waals surface area contributed by atoms with E-state index in [4.69, 9.17) is 16.3 Å². The second-order valence-electron chi connectivity index (χ2n) is 5.78. The van der Waals surface area contributed by atoms with Crippen molar-refractivity contribution in [3.8, 4) is 0 Å². The minimum atomic E-state index is -0.519. The highest BCUT2D eigenvalue weighted by Crippen LogP contribution is 2.22. The molecule has 0 spiro atoms. The molecule has 1 atom stereocenters. The van der Waals surface area contributed by atoms with Gasteiger partial charge in [-0.15, -0.1) is 0 Å². The van der Waals surface area contributed by atoms with E-state index >= 15 is 0 Å². The zero-order valence-electron chi connectivity index (χ0n) is 13.9. The molecule has 0 aliphatic carbocycles. The first-order valence-electron chi connectivity index (χ1n) is 8.12. The number of ether oxygens (including phenoxy) is 1. The number of benzene rings is 2. The van der Waals surface area contributed by atoms with Gasteiger partial charge in [-0.1, -0.05) is 35.9 Å². The molecule has 3 rings (SSSR count). The van der Waals surface area contributed by atoms with Crippen LogP contribution in [0.4, 0.5) is 4.39 Å². The van der Waals surface area contributed by atoms with Gasteiger partial charge in [-0.25, -0.2) is 14.1 Å². The Labute approximate surface area is 155 Å². The third kappa shape index (κ3) is 5.13. The molecule has 26 heavy (non-hydrogen) atoms. The first-order valence-corrected chi connectivity index (χ1v) is 8.50. The van der Waals surface area contributed by atoms with Crippen LogP contribution in [0.3, 0.4) is 0 Å². The highest BCUT2D eigenvalue weighted by molar-refractivity contribution is 6.30. The van der Waals surface area contributed by atoms with Crippen molar-refractivity contribution >= 4 is 17.6 Å². The molecule has 0 fully saturated rings. The van der Waals surface area contributed by atoms with E-state index in [-0.39, 0.29) is 18.2 Å². The molecule has 1 unspecified atom stereocenters. The van der Waals surface area contributed by atoms with Gasteiger partial charge in [0, 0.05) is 11.4 Å². The van der Waals surface area contributed by atoms with Gasteiger partial charge in [0.2, 0.25) is 0 Å². The lowest BCUT2D eigenvalue weighted by Gasteiger charge is -2.18. The Morgan fingerprint density at radius 1 is 1.23 bits per heavy atom. The molecule has 3 aromatic rings. The van der Waals surface area contributed by atoms with Crippen LogP contribution in [0.2, 0.25) is 5.02 Å². The summed E-state index contributed by atoms with van der Waals surface area (Å²) in [5, 5.41) is 4.66. The first kappa shape index (κ1) is 18.1. The van der Waals surface area contributed by atoms with Gasteiger partial charge in [-0.2, -0.15) is 5.10 Å². The number of esters is 1. The lowest BCUT2D eigenvalue weighted by atomic mass is 10.1. The molecule has 134 valence electrons. The molecule has 0 radical (unpaired) electrons. The number of nitrogens with zero attached hydrogens (tertiary/aromatic N) is 3. The van der Waals surface area contributed by atoms with E-state index in [1.807, 2.05) is 12.1 Å². The predicted molar refractivity (Wildman–Crippen MR) is 95.0 cm³/mol. The van der Waals surface area contributed by atoms with Crippen LogP contribution >= 0.6 is 11.6 Å². The van der Waals surface area contributed by atoms with E-state index in [1.165, 1.54) is 18.5 Å². The van der Waals surface area contributed by atoms with Gasteiger partial charge >= 0.3 is 5.97 Å². The Morgan fingerprint density at radius 3 is 2.73 bits per heavy atom. The average Bonchev–Trinajstić information content (AvgIpc) is 3.13. The summed E-state index contributed by atoms with van der Waals surface area (Å²) in [6.07, 6.45) is 3.03. The van der Waals surface area contributed by atoms with Gasteiger partial charge in [0.25, 0.3) is 0 Å². The summed E-state index contributed by atoms with van der Waals surface area (Å²) in [5.41, 5.74) is 1.56. The Balaban J connectivity index is 1.66. The van der Waals surface area contributed by atoms with Gasteiger partial charge in [0.05, 0.1) is 6.54 Å². The number of hydrogen-bond donors (Lipinski definition) is 0. The van der Waals surface area contributed by atoms with Crippen LogP contribution in [-0.2, 0) is 22.5 Å². The molecule has 5 nitrogen and oxygen atoms in total. The molecule has 2 aromatic carbocycles. The minimum Gasteiger partial charge on any atom is -0.455 e. The molecule has 0 N–H and O–H groups in total. The fraction of sp³-hybridized carbons (Fsp3) is 0.211. The number of hydrogen-bond acceptors (Lipinski definition) is 4. The summed E-state index contributed by atoms with van der Waals surface area (Å²) in [6, 6.07) is 13.3. The van der Waals surface area contributed by atoms with E-state index in [2.05, 4.69) is 10.1 Å². The van der Waals surface area contributed by atoms with E-state index < -0.39 is 6.10 Å². The van der Waals surface area contributed by atoms with Crippen LogP contribution in [-0.4, -0.2) is 20.7 Å². The number of carbonyl (C=O) groups is 1. The Morgan fingerprint density at radius 2 is 2.04 bits per heavy atom. The summed E-state index contributed by atoms with van der Waals surface area (Å²) in [5.74, 6) is -0.685. The molecule has 1 heterocycles. The fourth-order valence-corrected chi connectivity index (χ4v) is 2.67. The third-order valence-corrected chi connectivity index (χ3v) is 4.09. The summed E-state index contributed by atoms with van der Waals surface area (Å²) in [4.78, 5) is 16.2. The van der Waals surface area contributed by atoms with Gasteiger partial charge < -0.3 is 4.74 Å². The Hall–Kier alpha value is -2.73. The molecular weight excluding hydrogens is 357 g/mol. The van der Waals surface area contributed by atoms with Crippen molar-refractivity contribution in [2.75, 3.05) is 0 Å². The molecule has 0 amide bonds. The molecule has 0 aliphatic rings. The maximum atomic E-state index is 13.2. The second-order valence-corrected chi connectivity index (χ2v) is 6.21. The van der Waals surface area contributed by atoms with Crippen LogP contribution in [0.1, 0.15) is 23.7 Å². The number of halogens is 2. The van der Waals surface area contributed by atoms with Crippen molar-refractivity contribution in [3.05, 3.63) is 83.2 Å². The van der Waals surface area contributed by atoms with Crippen molar-refractivity contribution in [1.29, 1.82) is 0 Å². The van der Waals surface area contributed by atoms with Gasteiger partial charge in [-0.3, -0.25) is 4.79 Å². The van der Waals surface area contributed by atoms with Gasteiger partial charge in [0.1, 0.15) is 24.6 Å². The van der Waals surface area contributed by atoms with Crippen LogP contribution < -0.4 is 0 Å². The second kappa shape index (κ2) is 8.58. The lowest BCUT2D eigenvalue weighted by Crippen LogP contribution is -2.17. The highest BCUT2D eigenvalue weighted by atomic mass is 35.5. The Kier molecular flexibility index (Phi) is 5.96. The number of aromatic nitrogens is 3. The average molecular weight is 374 g/mol. The lowest BCUT2D eigenvalue weighted by molar-refractivity contribution is -0.150. The van der Waals surface area contributed by atoms with Crippen LogP contribution in [0.15, 0.2) is 61.2 Å². The third-order valence-electron chi connectivity index (χ3n) is 3.84. The molecule has 1 aromatic heterocycles. The van der Waals surface area contributed by atoms with Gasteiger partial charge in [0.15, 0.2) is 0 Å². The fourth-order valence-electron chi connectivity index (χ4n) is 2.54. The zero-order chi connectivity index (χ0) is 18.4. The van der Waals surface area contributed by atoms with Crippen molar-refractivity contribution in [2.45, 2.75) is 25.5 Å². The molecule has 0 aliphatic heterocycles. The molecule has 7 heteroatoms. The monoisotopic (exact) mass is 373 g/mol. The smallest absolute Gasteiger partial charge is 0.306 e. The van der Waals surface area contributed by atoms with E-state index in [0.717, 1.165) is 11.1 Å². The molecular formula is C19H17ClFN3O2. The van der Waals surface area contributed by atoms with Crippen molar-refractivity contribution < 1.29 is 13.9 Å². The summed E-state index contributed by atoms with van der Waals surface area (Å²) < 4.78 is 20.5. The molecule has 0 saturated carbocycles. The normalized spacial score (nSPS) is 11.9. The van der Waals surface area contributed by atoms with Crippen molar-refractivity contribution in [1.82, 2.24) is 14.8 Å². The molecule has 0 bridgehead atoms. The number of rotatable bonds is 7.